The number of carboxylic acids is 1. The fourth-order valence-corrected chi connectivity index (χ4v) is 2.25. The van der Waals surface area contributed by atoms with Crippen LogP contribution in [-0.4, -0.2) is 45.9 Å². The molecule has 0 saturated carbocycles. The molecule has 0 saturated heterocycles. The molecular formula is C17H24O7. The molecule has 7 nitrogen and oxygen atoms in total. The van der Waals surface area contributed by atoms with Crippen LogP contribution in [0.3, 0.4) is 0 Å². The molecule has 7 heteroatoms. The maximum absolute atomic E-state index is 12.3. The van der Waals surface area contributed by atoms with Gasteiger partial charge in [0.2, 0.25) is 0 Å². The highest BCUT2D eigenvalue weighted by molar-refractivity contribution is 6.03. The summed E-state index contributed by atoms with van der Waals surface area (Å²) in [7, 11) is 0. The number of rotatable bonds is 11. The Kier molecular flexibility index (Phi) is 8.39. The fraction of sp³-hybridized carbons (Fsp3) is 0.529. The van der Waals surface area contributed by atoms with E-state index in [0.29, 0.717) is 12.0 Å². The molecule has 1 rings (SSSR count). The SMILES string of the molecule is CCCCCCOC(=O)C(Cc1ccccc1)(OC(O)O)C(=O)O. The second-order valence-electron chi connectivity index (χ2n) is 5.44. The second-order valence-corrected chi connectivity index (χ2v) is 5.44. The second kappa shape index (κ2) is 10.0. The smallest absolute Gasteiger partial charge is 0.350 e. The van der Waals surface area contributed by atoms with Crippen LogP contribution in [0.5, 0.6) is 0 Å². The number of carbonyl (C=O) groups is 2. The van der Waals surface area contributed by atoms with E-state index in [0.717, 1.165) is 19.3 Å². The molecule has 1 aromatic carbocycles. The zero-order valence-electron chi connectivity index (χ0n) is 13.7. The maximum atomic E-state index is 12.3. The number of aliphatic hydroxyl groups is 2. The van der Waals surface area contributed by atoms with Crippen LogP contribution in [0.15, 0.2) is 30.3 Å². The molecule has 24 heavy (non-hydrogen) atoms. The lowest BCUT2D eigenvalue weighted by atomic mass is 9.94. The fourth-order valence-electron chi connectivity index (χ4n) is 2.25. The summed E-state index contributed by atoms with van der Waals surface area (Å²) >= 11 is 0. The number of unbranched alkanes of at least 4 members (excludes halogenated alkanes) is 3. The Morgan fingerprint density at radius 2 is 1.79 bits per heavy atom. The number of carbonyl (C=O) groups excluding carboxylic acids is 1. The minimum absolute atomic E-state index is 0.0491. The number of benzene rings is 1. The van der Waals surface area contributed by atoms with E-state index in [-0.39, 0.29) is 13.0 Å². The minimum atomic E-state index is -2.51. The van der Waals surface area contributed by atoms with Gasteiger partial charge in [-0.3, -0.25) is 4.74 Å². The van der Waals surface area contributed by atoms with Crippen molar-refractivity contribution in [2.24, 2.45) is 0 Å². The van der Waals surface area contributed by atoms with Crippen molar-refractivity contribution in [3.63, 3.8) is 0 Å². The Hall–Kier alpha value is -1.96. The van der Waals surface area contributed by atoms with Gasteiger partial charge in [-0.25, -0.2) is 9.59 Å². The van der Waals surface area contributed by atoms with Gasteiger partial charge in [-0.1, -0.05) is 56.5 Å². The quantitative estimate of drug-likeness (QED) is 0.242. The third-order valence-corrected chi connectivity index (χ3v) is 3.51. The summed E-state index contributed by atoms with van der Waals surface area (Å²) < 4.78 is 9.70. The van der Waals surface area contributed by atoms with Crippen molar-refractivity contribution < 1.29 is 34.4 Å². The molecule has 1 aromatic rings. The molecule has 1 unspecified atom stereocenters. The van der Waals surface area contributed by atoms with E-state index in [2.05, 4.69) is 4.74 Å². The summed E-state index contributed by atoms with van der Waals surface area (Å²) in [5, 5.41) is 27.6. The number of hydrogen-bond donors (Lipinski definition) is 3. The van der Waals surface area contributed by atoms with Gasteiger partial charge >= 0.3 is 11.9 Å². The average Bonchev–Trinajstić information content (AvgIpc) is 2.54. The number of carboxylic acid groups (broad SMARTS) is 1. The first-order valence-electron chi connectivity index (χ1n) is 7.91. The number of aliphatic carboxylic acids is 1. The highest BCUT2D eigenvalue weighted by atomic mass is 16.8. The first-order chi connectivity index (χ1) is 11.4. The van der Waals surface area contributed by atoms with E-state index in [1.165, 1.54) is 0 Å². The van der Waals surface area contributed by atoms with Gasteiger partial charge in [0.15, 0.2) is 0 Å². The van der Waals surface area contributed by atoms with Gasteiger partial charge in [-0.05, 0) is 12.0 Å². The first kappa shape index (κ1) is 20.1. The molecule has 0 spiro atoms. The number of ether oxygens (including phenoxy) is 2. The molecule has 0 radical (unpaired) electrons. The van der Waals surface area contributed by atoms with Crippen LogP contribution in [-0.2, 0) is 25.5 Å². The van der Waals surface area contributed by atoms with Crippen molar-refractivity contribution in [1.29, 1.82) is 0 Å². The zero-order chi connectivity index (χ0) is 18.0. The first-order valence-corrected chi connectivity index (χ1v) is 7.91. The van der Waals surface area contributed by atoms with E-state index in [9.17, 15) is 14.7 Å². The van der Waals surface area contributed by atoms with Crippen LogP contribution in [0.4, 0.5) is 0 Å². The lowest BCUT2D eigenvalue weighted by Gasteiger charge is -2.28. The van der Waals surface area contributed by atoms with Crippen LogP contribution in [0.2, 0.25) is 0 Å². The van der Waals surface area contributed by atoms with Crippen molar-refractivity contribution in [2.75, 3.05) is 6.61 Å². The number of esters is 1. The maximum Gasteiger partial charge on any atom is 0.350 e. The van der Waals surface area contributed by atoms with Crippen LogP contribution in [0, 0.1) is 0 Å². The summed E-state index contributed by atoms with van der Waals surface area (Å²) in [6.07, 6.45) is 3.07. The molecule has 0 aliphatic carbocycles. The summed E-state index contributed by atoms with van der Waals surface area (Å²) in [6, 6.07) is 8.30. The molecule has 3 N–H and O–H groups in total. The van der Waals surface area contributed by atoms with Crippen LogP contribution >= 0.6 is 0 Å². The number of aliphatic hydroxyl groups excluding tert-OH is 1. The molecule has 0 aromatic heterocycles. The topological polar surface area (TPSA) is 113 Å². The third-order valence-electron chi connectivity index (χ3n) is 3.51. The van der Waals surface area contributed by atoms with Crippen molar-refractivity contribution in [2.45, 2.75) is 51.1 Å². The van der Waals surface area contributed by atoms with Gasteiger partial charge in [0, 0.05) is 6.42 Å². The van der Waals surface area contributed by atoms with Crippen molar-refractivity contribution >= 4 is 11.9 Å². The Morgan fingerprint density at radius 1 is 1.12 bits per heavy atom. The molecule has 0 heterocycles. The average molecular weight is 340 g/mol. The molecule has 0 fully saturated rings. The highest BCUT2D eigenvalue weighted by Gasteiger charge is 2.51. The zero-order valence-corrected chi connectivity index (χ0v) is 13.7. The van der Waals surface area contributed by atoms with Crippen molar-refractivity contribution in [3.05, 3.63) is 35.9 Å². The van der Waals surface area contributed by atoms with Gasteiger partial charge in [0.05, 0.1) is 6.61 Å². The standard InChI is InChI=1S/C17H24O7/c1-2-3-4-8-11-23-15(20)17(14(18)19,24-16(21)22)12-13-9-6-5-7-10-13/h5-7,9-10,16,21-22H,2-4,8,11-12H2,1H3,(H,18,19). The monoisotopic (exact) mass is 340 g/mol. The predicted octanol–water partition coefficient (Wildman–Crippen LogP) is 1.46. The third kappa shape index (κ3) is 5.92. The lowest BCUT2D eigenvalue weighted by molar-refractivity contribution is -0.284. The molecule has 1 atom stereocenters. The minimum Gasteiger partial charge on any atom is -0.479 e. The van der Waals surface area contributed by atoms with Crippen molar-refractivity contribution in [3.8, 4) is 0 Å². The summed E-state index contributed by atoms with van der Waals surface area (Å²) in [6.45, 7) is -0.330. The van der Waals surface area contributed by atoms with Gasteiger partial charge in [-0.2, -0.15) is 0 Å². The molecule has 0 aliphatic rings. The van der Waals surface area contributed by atoms with Gasteiger partial charge in [0.25, 0.3) is 12.1 Å². The lowest BCUT2D eigenvalue weighted by Crippen LogP contribution is -2.54. The van der Waals surface area contributed by atoms with E-state index in [1.54, 1.807) is 30.3 Å². The number of hydrogen-bond acceptors (Lipinski definition) is 6. The van der Waals surface area contributed by atoms with E-state index in [1.807, 2.05) is 6.92 Å². The van der Waals surface area contributed by atoms with E-state index in [4.69, 9.17) is 14.9 Å². The largest absolute Gasteiger partial charge is 0.479 e. The van der Waals surface area contributed by atoms with Crippen LogP contribution in [0.25, 0.3) is 0 Å². The summed E-state index contributed by atoms with van der Waals surface area (Å²) in [5.74, 6) is -2.79. The molecule has 0 aliphatic heterocycles. The molecule has 134 valence electrons. The molecular weight excluding hydrogens is 316 g/mol. The Morgan fingerprint density at radius 3 is 2.33 bits per heavy atom. The Labute approximate surface area is 140 Å². The molecule has 0 amide bonds. The predicted molar refractivity (Wildman–Crippen MR) is 84.9 cm³/mol. The summed E-state index contributed by atoms with van der Waals surface area (Å²) in [5.41, 5.74) is -2.02. The van der Waals surface area contributed by atoms with Crippen LogP contribution in [0.1, 0.15) is 38.2 Å². The van der Waals surface area contributed by atoms with Crippen molar-refractivity contribution in [1.82, 2.24) is 0 Å². The highest BCUT2D eigenvalue weighted by Crippen LogP contribution is 2.22. The van der Waals surface area contributed by atoms with Gasteiger partial charge < -0.3 is 20.1 Å². The van der Waals surface area contributed by atoms with Gasteiger partial charge in [-0.15, -0.1) is 0 Å². The van der Waals surface area contributed by atoms with Gasteiger partial charge in [0.1, 0.15) is 0 Å². The van der Waals surface area contributed by atoms with E-state index < -0.39 is 24.0 Å². The Balaban J connectivity index is 2.89. The normalized spacial score (nSPS) is 13.5. The Bertz CT molecular complexity index is 515. The molecule has 0 bridgehead atoms. The van der Waals surface area contributed by atoms with Crippen LogP contribution < -0.4 is 0 Å². The summed E-state index contributed by atoms with van der Waals surface area (Å²) in [4.78, 5) is 24.0. The van der Waals surface area contributed by atoms with E-state index >= 15 is 0 Å².